The summed E-state index contributed by atoms with van der Waals surface area (Å²) in [5.74, 6) is -1.36. The van der Waals surface area contributed by atoms with E-state index in [1.54, 1.807) is 6.92 Å². The first-order valence-corrected chi connectivity index (χ1v) is 11.1. The molecule has 3 N–H and O–H groups in total. The van der Waals surface area contributed by atoms with Crippen LogP contribution in [0.2, 0.25) is 0 Å². The van der Waals surface area contributed by atoms with E-state index < -0.39 is 12.1 Å². The lowest BCUT2D eigenvalue weighted by atomic mass is 9.98. The number of fused-ring (bicyclic) bond motifs is 3. The molecule has 2 aromatic rings. The monoisotopic (exact) mass is 454 g/mol. The lowest BCUT2D eigenvalue weighted by Gasteiger charge is -2.15. The number of carboxylic acid groups (broad SMARTS) is 1. The van der Waals surface area contributed by atoms with Crippen molar-refractivity contribution in [2.45, 2.75) is 25.7 Å². The van der Waals surface area contributed by atoms with Gasteiger partial charge in [-0.05, 0) is 28.7 Å². The Kier molecular flexibility index (Phi) is 8.83. The van der Waals surface area contributed by atoms with Crippen LogP contribution in [-0.2, 0) is 19.1 Å². The number of hydrogen-bond donors (Lipinski definition) is 3. The number of benzene rings is 2. The number of carboxylic acids is 1. The minimum absolute atomic E-state index is 0.00516. The summed E-state index contributed by atoms with van der Waals surface area (Å²) in [5, 5.41) is 14.0. The van der Waals surface area contributed by atoms with Crippen LogP contribution in [0, 0.1) is 5.92 Å². The third-order valence-electron chi connectivity index (χ3n) is 5.64. The van der Waals surface area contributed by atoms with Gasteiger partial charge in [-0.15, -0.1) is 0 Å². The van der Waals surface area contributed by atoms with Crippen molar-refractivity contribution in [3.63, 3.8) is 0 Å². The van der Waals surface area contributed by atoms with Gasteiger partial charge < -0.3 is 25.2 Å². The van der Waals surface area contributed by atoms with Gasteiger partial charge in [-0.25, -0.2) is 4.79 Å². The molecule has 8 nitrogen and oxygen atoms in total. The molecule has 0 aliphatic heterocycles. The largest absolute Gasteiger partial charge is 0.481 e. The van der Waals surface area contributed by atoms with Gasteiger partial charge in [-0.2, -0.15) is 0 Å². The fraction of sp³-hybridized carbons (Fsp3) is 0.400. The van der Waals surface area contributed by atoms with Gasteiger partial charge in [0.2, 0.25) is 5.91 Å². The first-order chi connectivity index (χ1) is 16.0. The number of amides is 2. The van der Waals surface area contributed by atoms with Gasteiger partial charge >= 0.3 is 12.1 Å². The molecular formula is C25H30N2O6. The quantitative estimate of drug-likeness (QED) is 0.425. The van der Waals surface area contributed by atoms with Crippen LogP contribution in [0.1, 0.15) is 36.8 Å². The summed E-state index contributed by atoms with van der Waals surface area (Å²) >= 11 is 0. The van der Waals surface area contributed by atoms with Gasteiger partial charge in [-0.3, -0.25) is 9.59 Å². The lowest BCUT2D eigenvalue weighted by molar-refractivity contribution is -0.138. The van der Waals surface area contributed by atoms with Crippen molar-refractivity contribution in [2.75, 3.05) is 32.9 Å². The van der Waals surface area contributed by atoms with E-state index in [0.29, 0.717) is 19.5 Å². The Morgan fingerprint density at radius 3 is 2.21 bits per heavy atom. The molecule has 0 aromatic heterocycles. The first-order valence-electron chi connectivity index (χ1n) is 11.1. The maximum Gasteiger partial charge on any atom is 0.407 e. The van der Waals surface area contributed by atoms with E-state index >= 15 is 0 Å². The van der Waals surface area contributed by atoms with Crippen LogP contribution in [0.25, 0.3) is 11.1 Å². The van der Waals surface area contributed by atoms with Crippen molar-refractivity contribution in [2.24, 2.45) is 5.92 Å². The van der Waals surface area contributed by atoms with Crippen molar-refractivity contribution in [3.05, 3.63) is 59.7 Å². The summed E-state index contributed by atoms with van der Waals surface area (Å²) in [4.78, 5) is 34.7. The predicted octanol–water partition coefficient (Wildman–Crippen LogP) is 3.16. The van der Waals surface area contributed by atoms with E-state index in [2.05, 4.69) is 34.9 Å². The van der Waals surface area contributed by atoms with E-state index in [1.807, 2.05) is 24.3 Å². The molecule has 0 fully saturated rings. The predicted molar refractivity (Wildman–Crippen MR) is 123 cm³/mol. The zero-order valence-electron chi connectivity index (χ0n) is 18.7. The van der Waals surface area contributed by atoms with Gasteiger partial charge in [0, 0.05) is 24.9 Å². The molecule has 33 heavy (non-hydrogen) atoms. The second-order valence-corrected chi connectivity index (χ2v) is 7.99. The Morgan fingerprint density at radius 1 is 0.939 bits per heavy atom. The molecule has 0 saturated carbocycles. The molecule has 0 radical (unpaired) electrons. The van der Waals surface area contributed by atoms with Crippen molar-refractivity contribution < 1.29 is 29.0 Å². The van der Waals surface area contributed by atoms with Crippen molar-refractivity contribution in [1.82, 2.24) is 10.6 Å². The number of ether oxygens (including phenoxy) is 2. The summed E-state index contributed by atoms with van der Waals surface area (Å²) in [6.07, 6.45) is -0.0989. The second kappa shape index (κ2) is 12.0. The van der Waals surface area contributed by atoms with Crippen LogP contribution in [0.15, 0.2) is 48.5 Å². The van der Waals surface area contributed by atoms with Gasteiger partial charge in [-0.1, -0.05) is 55.5 Å². The molecule has 0 spiro atoms. The van der Waals surface area contributed by atoms with E-state index in [-0.39, 0.29) is 44.0 Å². The molecule has 0 heterocycles. The molecule has 1 aliphatic rings. The molecule has 2 aromatic carbocycles. The molecule has 3 rings (SSSR count). The number of nitrogens with one attached hydrogen (secondary N) is 2. The van der Waals surface area contributed by atoms with E-state index in [1.165, 1.54) is 11.1 Å². The number of alkyl carbamates (subject to hydrolysis) is 1. The summed E-state index contributed by atoms with van der Waals surface area (Å²) in [6, 6.07) is 16.3. The van der Waals surface area contributed by atoms with Gasteiger partial charge in [0.25, 0.3) is 0 Å². The average Bonchev–Trinajstić information content (AvgIpc) is 3.13. The molecule has 8 heteroatoms. The van der Waals surface area contributed by atoms with Crippen LogP contribution in [-0.4, -0.2) is 56.0 Å². The highest BCUT2D eigenvalue weighted by molar-refractivity contribution is 5.79. The van der Waals surface area contributed by atoms with Gasteiger partial charge in [0.05, 0.1) is 19.6 Å². The third kappa shape index (κ3) is 6.79. The molecule has 1 atom stereocenters. The third-order valence-corrected chi connectivity index (χ3v) is 5.64. The number of hydrogen-bond acceptors (Lipinski definition) is 5. The van der Waals surface area contributed by atoms with Crippen LogP contribution >= 0.6 is 0 Å². The molecule has 1 aliphatic carbocycles. The summed E-state index contributed by atoms with van der Waals surface area (Å²) in [6.45, 7) is 3.02. The normalized spacial score (nSPS) is 13.0. The molecule has 0 bridgehead atoms. The summed E-state index contributed by atoms with van der Waals surface area (Å²) < 4.78 is 10.6. The second-order valence-electron chi connectivity index (χ2n) is 7.99. The fourth-order valence-electron chi connectivity index (χ4n) is 3.85. The van der Waals surface area contributed by atoms with Crippen molar-refractivity contribution in [3.8, 4) is 11.1 Å². The topological polar surface area (TPSA) is 114 Å². The SMILES string of the molecule is CC(CCNC(=O)OCC1c2ccccc2-c2ccccc21)C(=O)NCCOCCC(=O)O. The highest BCUT2D eigenvalue weighted by atomic mass is 16.5. The summed E-state index contributed by atoms with van der Waals surface area (Å²) in [5.41, 5.74) is 4.66. The van der Waals surface area contributed by atoms with Gasteiger partial charge in [0.15, 0.2) is 0 Å². The molecule has 0 saturated heterocycles. The van der Waals surface area contributed by atoms with Gasteiger partial charge in [0.1, 0.15) is 6.61 Å². The van der Waals surface area contributed by atoms with Crippen LogP contribution in [0.5, 0.6) is 0 Å². The lowest BCUT2D eigenvalue weighted by Crippen LogP contribution is -2.34. The summed E-state index contributed by atoms with van der Waals surface area (Å²) in [7, 11) is 0. The zero-order chi connectivity index (χ0) is 23.6. The Labute approximate surface area is 193 Å². The molecular weight excluding hydrogens is 424 g/mol. The van der Waals surface area contributed by atoms with Crippen molar-refractivity contribution in [1.29, 1.82) is 0 Å². The minimum atomic E-state index is -0.920. The first kappa shape index (κ1) is 24.3. The maximum atomic E-state index is 12.2. The Balaban J connectivity index is 1.35. The fourth-order valence-corrected chi connectivity index (χ4v) is 3.85. The molecule has 1 unspecified atom stereocenters. The van der Waals surface area contributed by atoms with E-state index in [9.17, 15) is 14.4 Å². The smallest absolute Gasteiger partial charge is 0.407 e. The minimum Gasteiger partial charge on any atom is -0.481 e. The highest BCUT2D eigenvalue weighted by Gasteiger charge is 2.29. The number of rotatable bonds is 12. The number of aliphatic carboxylic acids is 1. The average molecular weight is 455 g/mol. The van der Waals surface area contributed by atoms with Crippen molar-refractivity contribution >= 4 is 18.0 Å². The Morgan fingerprint density at radius 2 is 1.58 bits per heavy atom. The van der Waals surface area contributed by atoms with E-state index in [0.717, 1.165) is 11.1 Å². The number of carbonyl (C=O) groups is 3. The maximum absolute atomic E-state index is 12.2. The Hall–Kier alpha value is -3.39. The Bertz CT molecular complexity index is 931. The highest BCUT2D eigenvalue weighted by Crippen LogP contribution is 2.44. The van der Waals surface area contributed by atoms with E-state index in [4.69, 9.17) is 14.6 Å². The van der Waals surface area contributed by atoms with Crippen LogP contribution in [0.4, 0.5) is 4.79 Å². The molecule has 176 valence electrons. The standard InChI is InChI=1S/C25H30N2O6/c1-17(24(30)26-13-15-32-14-11-23(28)29)10-12-27-25(31)33-16-22-20-8-4-2-6-18(20)19-7-3-5-9-21(19)22/h2-9,17,22H,10-16H2,1H3,(H,26,30)(H,27,31)(H,28,29). The van der Waals surface area contributed by atoms with Crippen LogP contribution in [0.3, 0.4) is 0 Å². The van der Waals surface area contributed by atoms with Crippen LogP contribution < -0.4 is 10.6 Å². The molecule has 2 amide bonds. The zero-order valence-corrected chi connectivity index (χ0v) is 18.7. The number of carbonyl (C=O) groups excluding carboxylic acids is 2.